The second-order valence-corrected chi connectivity index (χ2v) is 9.64. The van der Waals surface area contributed by atoms with E-state index in [1.165, 1.54) is 17.8 Å². The van der Waals surface area contributed by atoms with E-state index in [0.717, 1.165) is 34.9 Å². The molecule has 0 spiro atoms. The quantitative estimate of drug-likeness (QED) is 0.548. The monoisotopic (exact) mass is 453 g/mol. The smallest absolute Gasteiger partial charge is 0.251 e. The second kappa shape index (κ2) is 9.83. The van der Waals surface area contributed by atoms with Crippen molar-refractivity contribution in [2.75, 3.05) is 19.6 Å². The molecule has 3 aromatic rings. The Morgan fingerprint density at radius 2 is 2.03 bits per heavy atom. The number of rotatable bonds is 8. The van der Waals surface area contributed by atoms with Crippen LogP contribution in [0, 0.1) is 5.92 Å². The molecule has 8 heteroatoms. The van der Waals surface area contributed by atoms with Gasteiger partial charge in [0.05, 0.1) is 10.2 Å². The van der Waals surface area contributed by atoms with Gasteiger partial charge in [0, 0.05) is 30.5 Å². The third-order valence-electron chi connectivity index (χ3n) is 6.12. The maximum absolute atomic E-state index is 13.0. The maximum atomic E-state index is 13.0. The summed E-state index contributed by atoms with van der Waals surface area (Å²) in [6, 6.07) is 9.19. The van der Waals surface area contributed by atoms with E-state index in [4.69, 9.17) is 0 Å². The summed E-state index contributed by atoms with van der Waals surface area (Å²) in [5.41, 5.74) is 1.39. The van der Waals surface area contributed by atoms with Crippen LogP contribution in [0.5, 0.6) is 0 Å². The number of hydrogen-bond donors (Lipinski definition) is 2. The molecule has 1 fully saturated rings. The summed E-state index contributed by atoms with van der Waals surface area (Å²) >= 11 is 1.53. The lowest BCUT2D eigenvalue weighted by Gasteiger charge is -2.26. The van der Waals surface area contributed by atoms with Crippen LogP contribution in [0.3, 0.4) is 0 Å². The van der Waals surface area contributed by atoms with Gasteiger partial charge in [0.1, 0.15) is 6.04 Å². The van der Waals surface area contributed by atoms with Gasteiger partial charge in [-0.25, -0.2) is 4.98 Å². The largest absolute Gasteiger partial charge is 0.353 e. The topological polar surface area (TPSA) is 79.3 Å². The van der Waals surface area contributed by atoms with Crippen molar-refractivity contribution in [3.63, 3.8) is 0 Å². The predicted molar refractivity (Wildman–Crippen MR) is 128 cm³/mol. The summed E-state index contributed by atoms with van der Waals surface area (Å²) in [5, 5.41) is 6.87. The van der Waals surface area contributed by atoms with Crippen LogP contribution in [0.2, 0.25) is 0 Å². The predicted octanol–water partition coefficient (Wildman–Crippen LogP) is 3.44. The molecule has 1 aliphatic heterocycles. The number of likely N-dealkylation sites (N-methyl/N-ethyl adjacent to an activating group) is 1. The number of benzene rings is 1. The lowest BCUT2D eigenvalue weighted by atomic mass is 10.0. The van der Waals surface area contributed by atoms with E-state index >= 15 is 0 Å². The van der Waals surface area contributed by atoms with Crippen molar-refractivity contribution in [2.45, 2.75) is 45.7 Å². The van der Waals surface area contributed by atoms with E-state index in [1.807, 2.05) is 55.1 Å². The minimum atomic E-state index is -0.577. The van der Waals surface area contributed by atoms with Crippen LogP contribution < -0.4 is 10.6 Å². The van der Waals surface area contributed by atoms with Gasteiger partial charge in [-0.2, -0.15) is 0 Å². The van der Waals surface area contributed by atoms with Crippen molar-refractivity contribution in [1.29, 1.82) is 0 Å². The van der Waals surface area contributed by atoms with Crippen LogP contribution in [0.1, 0.15) is 44.0 Å². The standard InChI is InChI=1S/C24H31N5O2S/c1-4-28-13-7-8-18(28)15-25-23(31)21(16(2)3)27-22(30)17-9-10-19-20(14-17)32-24(26-19)29-11-5-6-12-29/h5-6,9-12,14,16,18,21H,4,7-8,13,15H2,1-3H3,(H,25,31)(H,27,30). The van der Waals surface area contributed by atoms with Crippen LogP contribution in [0.4, 0.5) is 0 Å². The number of carbonyl (C=O) groups excluding carboxylic acids is 2. The van der Waals surface area contributed by atoms with Crippen LogP contribution in [0.25, 0.3) is 15.3 Å². The number of likely N-dealkylation sites (tertiary alicyclic amines) is 1. The molecular formula is C24H31N5O2S. The molecule has 1 aliphatic rings. The van der Waals surface area contributed by atoms with Gasteiger partial charge in [-0.05, 0) is 62.2 Å². The highest BCUT2D eigenvalue weighted by molar-refractivity contribution is 7.20. The average molecular weight is 454 g/mol. The Morgan fingerprint density at radius 1 is 1.25 bits per heavy atom. The highest BCUT2D eigenvalue weighted by Gasteiger charge is 2.28. The van der Waals surface area contributed by atoms with E-state index < -0.39 is 6.04 Å². The van der Waals surface area contributed by atoms with Gasteiger partial charge in [-0.3, -0.25) is 14.5 Å². The van der Waals surface area contributed by atoms with Gasteiger partial charge in [-0.1, -0.05) is 32.1 Å². The molecule has 2 aromatic heterocycles. The van der Waals surface area contributed by atoms with Crippen LogP contribution in [-0.4, -0.2) is 58.0 Å². The number of carbonyl (C=O) groups is 2. The van der Waals surface area contributed by atoms with Gasteiger partial charge >= 0.3 is 0 Å². The Hall–Kier alpha value is -2.71. The summed E-state index contributed by atoms with van der Waals surface area (Å²) < 4.78 is 2.89. The first-order valence-electron chi connectivity index (χ1n) is 11.3. The molecule has 2 amide bonds. The van der Waals surface area contributed by atoms with Crippen molar-refractivity contribution in [1.82, 2.24) is 25.1 Å². The number of aromatic nitrogens is 2. The maximum Gasteiger partial charge on any atom is 0.251 e. The Morgan fingerprint density at radius 3 is 2.75 bits per heavy atom. The Kier molecular flexibility index (Phi) is 6.91. The van der Waals surface area contributed by atoms with Crippen molar-refractivity contribution in [3.8, 4) is 5.13 Å². The fourth-order valence-electron chi connectivity index (χ4n) is 4.26. The molecule has 2 unspecified atom stereocenters. The number of thiazole rings is 1. The molecule has 2 N–H and O–H groups in total. The molecular weight excluding hydrogens is 422 g/mol. The SMILES string of the molecule is CCN1CCCC1CNC(=O)C(NC(=O)c1ccc2nc(-n3cccc3)sc2c1)C(C)C. The molecule has 0 bridgehead atoms. The number of nitrogens with zero attached hydrogens (tertiary/aromatic N) is 3. The van der Waals surface area contributed by atoms with Gasteiger partial charge in [0.15, 0.2) is 5.13 Å². The highest BCUT2D eigenvalue weighted by atomic mass is 32.1. The normalized spacial score (nSPS) is 17.7. The van der Waals surface area contributed by atoms with Gasteiger partial charge in [0.25, 0.3) is 5.91 Å². The highest BCUT2D eigenvalue weighted by Crippen LogP contribution is 2.26. The lowest BCUT2D eigenvalue weighted by molar-refractivity contribution is -0.124. The first-order chi connectivity index (χ1) is 15.5. The van der Waals surface area contributed by atoms with Gasteiger partial charge < -0.3 is 15.2 Å². The molecule has 2 atom stereocenters. The third kappa shape index (κ3) is 4.86. The fourth-order valence-corrected chi connectivity index (χ4v) is 5.23. The molecule has 0 aliphatic carbocycles. The number of amides is 2. The molecule has 32 heavy (non-hydrogen) atoms. The fraction of sp³-hybridized carbons (Fsp3) is 0.458. The molecule has 1 saturated heterocycles. The zero-order valence-corrected chi connectivity index (χ0v) is 19.7. The Bertz CT molecular complexity index is 1080. The van der Waals surface area contributed by atoms with E-state index in [0.29, 0.717) is 18.2 Å². The van der Waals surface area contributed by atoms with Crippen LogP contribution >= 0.6 is 11.3 Å². The summed E-state index contributed by atoms with van der Waals surface area (Å²) in [5.74, 6) is -0.380. The molecule has 1 aromatic carbocycles. The van der Waals surface area contributed by atoms with Gasteiger partial charge in [0.2, 0.25) is 5.91 Å². The van der Waals surface area contributed by atoms with E-state index in [1.54, 1.807) is 6.07 Å². The number of nitrogens with one attached hydrogen (secondary N) is 2. The zero-order chi connectivity index (χ0) is 22.7. The number of hydrogen-bond acceptors (Lipinski definition) is 5. The van der Waals surface area contributed by atoms with E-state index in [2.05, 4.69) is 27.4 Å². The van der Waals surface area contributed by atoms with E-state index in [9.17, 15) is 9.59 Å². The molecule has 4 rings (SSSR count). The first-order valence-corrected chi connectivity index (χ1v) is 12.1. The molecule has 170 valence electrons. The summed E-state index contributed by atoms with van der Waals surface area (Å²) in [6.07, 6.45) is 6.17. The average Bonchev–Trinajstić information content (AvgIpc) is 3.54. The summed E-state index contributed by atoms with van der Waals surface area (Å²) in [7, 11) is 0. The molecule has 0 radical (unpaired) electrons. The third-order valence-corrected chi connectivity index (χ3v) is 7.15. The molecule has 7 nitrogen and oxygen atoms in total. The minimum Gasteiger partial charge on any atom is -0.353 e. The zero-order valence-electron chi connectivity index (χ0n) is 18.9. The minimum absolute atomic E-state index is 0.0164. The number of fused-ring (bicyclic) bond motifs is 1. The molecule has 3 heterocycles. The van der Waals surface area contributed by atoms with Crippen LogP contribution in [0.15, 0.2) is 42.7 Å². The second-order valence-electron chi connectivity index (χ2n) is 8.63. The van der Waals surface area contributed by atoms with Crippen molar-refractivity contribution in [2.24, 2.45) is 5.92 Å². The Balaban J connectivity index is 1.43. The van der Waals surface area contributed by atoms with Crippen molar-refractivity contribution >= 4 is 33.4 Å². The van der Waals surface area contributed by atoms with Gasteiger partial charge in [-0.15, -0.1) is 0 Å². The lowest BCUT2D eigenvalue weighted by Crippen LogP contribution is -2.52. The summed E-state index contributed by atoms with van der Waals surface area (Å²) in [6.45, 7) is 8.77. The van der Waals surface area contributed by atoms with Crippen molar-refractivity contribution < 1.29 is 9.59 Å². The summed E-state index contributed by atoms with van der Waals surface area (Å²) in [4.78, 5) is 32.9. The van der Waals surface area contributed by atoms with E-state index in [-0.39, 0.29) is 17.7 Å². The Labute approximate surface area is 192 Å². The molecule has 0 saturated carbocycles. The van der Waals surface area contributed by atoms with Crippen molar-refractivity contribution in [3.05, 3.63) is 48.3 Å². The van der Waals surface area contributed by atoms with Crippen LogP contribution in [-0.2, 0) is 4.79 Å². The first kappa shape index (κ1) is 22.5.